The monoisotopic (exact) mass is 496 g/mol. The number of fused-ring (bicyclic) bond motifs is 1. The molecular weight excluding hydrogens is 479 g/mol. The highest BCUT2D eigenvalue weighted by molar-refractivity contribution is 7.89. The lowest BCUT2D eigenvalue weighted by atomic mass is 10.1. The van der Waals surface area contributed by atoms with E-state index in [2.05, 4.69) is 4.98 Å². The van der Waals surface area contributed by atoms with Crippen molar-refractivity contribution < 1.29 is 27.5 Å². The lowest BCUT2D eigenvalue weighted by Gasteiger charge is -2.26. The number of H-pyrrole nitrogens is 1. The van der Waals surface area contributed by atoms with Crippen LogP contribution in [0.3, 0.4) is 0 Å². The molecule has 0 radical (unpaired) electrons. The van der Waals surface area contributed by atoms with E-state index in [-0.39, 0.29) is 46.8 Å². The Bertz CT molecular complexity index is 1300. The number of sulfonamides is 1. The summed E-state index contributed by atoms with van der Waals surface area (Å²) >= 11 is 12.3. The summed E-state index contributed by atoms with van der Waals surface area (Å²) in [6, 6.07) is 9.48. The predicted octanol–water partition coefficient (Wildman–Crippen LogP) is 3.54. The molecule has 0 bridgehead atoms. The van der Waals surface area contributed by atoms with Gasteiger partial charge in [0.25, 0.3) is 0 Å². The molecule has 3 aromatic rings. The summed E-state index contributed by atoms with van der Waals surface area (Å²) in [6.07, 6.45) is 1.54. The first-order valence-corrected chi connectivity index (χ1v) is 11.8. The summed E-state index contributed by atoms with van der Waals surface area (Å²) in [5.41, 5.74) is 0.960. The molecule has 2 aromatic carbocycles. The molecule has 1 saturated heterocycles. The van der Waals surface area contributed by atoms with E-state index in [1.165, 1.54) is 10.4 Å². The Labute approximate surface area is 194 Å². The zero-order valence-corrected chi connectivity index (χ0v) is 19.0. The topological polar surface area (TPSA) is 106 Å². The van der Waals surface area contributed by atoms with Crippen molar-refractivity contribution in [3.05, 3.63) is 63.8 Å². The highest BCUT2D eigenvalue weighted by Crippen LogP contribution is 2.31. The molecule has 1 fully saturated rings. The van der Waals surface area contributed by atoms with Gasteiger partial charge in [0, 0.05) is 35.8 Å². The molecule has 1 N–H and O–H groups in total. The van der Waals surface area contributed by atoms with Crippen LogP contribution in [0.15, 0.2) is 47.5 Å². The fourth-order valence-corrected chi connectivity index (χ4v) is 5.63. The van der Waals surface area contributed by atoms with Gasteiger partial charge in [0.2, 0.25) is 15.8 Å². The smallest absolute Gasteiger partial charge is 0.340 e. The number of nitrogens with one attached hydrogen (secondary N) is 1. The molecule has 32 heavy (non-hydrogen) atoms. The van der Waals surface area contributed by atoms with E-state index in [1.807, 2.05) is 12.1 Å². The number of aromatic nitrogens is 1. The lowest BCUT2D eigenvalue weighted by Crippen LogP contribution is -2.40. The van der Waals surface area contributed by atoms with E-state index in [4.69, 9.17) is 32.7 Å². The normalized spacial score (nSPS) is 15.1. The highest BCUT2D eigenvalue weighted by Gasteiger charge is 2.30. The summed E-state index contributed by atoms with van der Waals surface area (Å²) in [5, 5.41) is 0.505. The lowest BCUT2D eigenvalue weighted by molar-refractivity contribution is 0.0475. The number of halogens is 2. The standard InChI is InChI=1S/C21H18Cl2N2O6S/c22-16-10-17(23)20(32(28,29)25-5-7-30-8-6-25)9-14(16)21(27)31-12-19(26)15-11-24-18-4-2-1-3-13(15)18/h1-4,9-11,24H,5-8,12H2. The Balaban J connectivity index is 1.54. The number of ether oxygens (including phenoxy) is 2. The van der Waals surface area contributed by atoms with Crippen molar-refractivity contribution in [1.29, 1.82) is 0 Å². The van der Waals surface area contributed by atoms with Gasteiger partial charge in [-0.05, 0) is 18.2 Å². The minimum absolute atomic E-state index is 0.0829. The summed E-state index contributed by atoms with van der Waals surface area (Å²) in [6.45, 7) is 0.316. The molecular formula is C21H18Cl2N2O6S. The second kappa shape index (κ2) is 9.21. The quantitative estimate of drug-likeness (QED) is 0.413. The molecule has 0 unspecified atom stereocenters. The molecule has 2 heterocycles. The van der Waals surface area contributed by atoms with Crippen LogP contribution in [0.5, 0.6) is 0 Å². The SMILES string of the molecule is O=C(OCC(=O)c1c[nH]c2ccccc12)c1cc(S(=O)(=O)N2CCOCC2)c(Cl)cc1Cl. The number of carbonyl (C=O) groups excluding carboxylic acids is 2. The van der Waals surface area contributed by atoms with Crippen molar-refractivity contribution in [3.8, 4) is 0 Å². The maximum atomic E-state index is 13.0. The number of benzene rings is 2. The molecule has 0 spiro atoms. The zero-order valence-electron chi connectivity index (χ0n) is 16.6. The molecule has 0 atom stereocenters. The van der Waals surface area contributed by atoms with Crippen molar-refractivity contribution in [2.24, 2.45) is 0 Å². The van der Waals surface area contributed by atoms with E-state index in [9.17, 15) is 18.0 Å². The molecule has 168 valence electrons. The highest BCUT2D eigenvalue weighted by atomic mass is 35.5. The van der Waals surface area contributed by atoms with Gasteiger partial charge in [-0.15, -0.1) is 0 Å². The number of carbonyl (C=O) groups is 2. The molecule has 1 aliphatic rings. The first-order valence-electron chi connectivity index (χ1n) is 9.62. The van der Waals surface area contributed by atoms with Crippen LogP contribution in [0.1, 0.15) is 20.7 Å². The number of hydrogen-bond acceptors (Lipinski definition) is 6. The number of nitrogens with zero attached hydrogens (tertiary/aromatic N) is 1. The van der Waals surface area contributed by atoms with Gasteiger partial charge in [-0.3, -0.25) is 4.79 Å². The van der Waals surface area contributed by atoms with Crippen molar-refractivity contribution in [1.82, 2.24) is 9.29 Å². The van der Waals surface area contributed by atoms with Crippen molar-refractivity contribution in [3.63, 3.8) is 0 Å². The van der Waals surface area contributed by atoms with Crippen LogP contribution in [0, 0.1) is 0 Å². The van der Waals surface area contributed by atoms with Gasteiger partial charge in [-0.25, -0.2) is 13.2 Å². The van der Waals surface area contributed by atoms with Gasteiger partial charge in [-0.1, -0.05) is 41.4 Å². The number of para-hydroxylation sites is 1. The molecule has 8 nitrogen and oxygen atoms in total. The molecule has 11 heteroatoms. The summed E-state index contributed by atoms with van der Waals surface area (Å²) in [5.74, 6) is -1.35. The summed E-state index contributed by atoms with van der Waals surface area (Å²) < 4.78 is 37.5. The number of hydrogen-bond donors (Lipinski definition) is 1. The number of morpholine rings is 1. The Morgan fingerprint density at radius 1 is 1.06 bits per heavy atom. The second-order valence-corrected chi connectivity index (χ2v) is 9.75. The van der Waals surface area contributed by atoms with Crippen LogP contribution in [-0.4, -0.2) is 62.4 Å². The molecule has 4 rings (SSSR count). The summed E-state index contributed by atoms with van der Waals surface area (Å²) in [7, 11) is -3.97. The van der Waals surface area contributed by atoms with Crippen molar-refractivity contribution in [2.45, 2.75) is 4.90 Å². The van der Waals surface area contributed by atoms with Crippen molar-refractivity contribution >= 4 is 55.9 Å². The van der Waals surface area contributed by atoms with E-state index in [0.717, 1.165) is 11.6 Å². The number of rotatable bonds is 6. The van der Waals surface area contributed by atoms with Gasteiger partial charge in [0.1, 0.15) is 4.90 Å². The van der Waals surface area contributed by atoms with Crippen LogP contribution in [0.2, 0.25) is 10.0 Å². The Morgan fingerprint density at radius 2 is 1.78 bits per heavy atom. The predicted molar refractivity (Wildman–Crippen MR) is 119 cm³/mol. The van der Waals surface area contributed by atoms with E-state index in [1.54, 1.807) is 18.3 Å². The van der Waals surface area contributed by atoms with Gasteiger partial charge in [0.05, 0.1) is 28.8 Å². The number of ketones is 1. The van der Waals surface area contributed by atoms with E-state index >= 15 is 0 Å². The fraction of sp³-hybridized carbons (Fsp3) is 0.238. The number of aromatic amines is 1. The average Bonchev–Trinajstić information content (AvgIpc) is 3.22. The molecule has 0 amide bonds. The third kappa shape index (κ3) is 4.39. The molecule has 1 aliphatic heterocycles. The van der Waals surface area contributed by atoms with Crippen molar-refractivity contribution in [2.75, 3.05) is 32.9 Å². The maximum absolute atomic E-state index is 13.0. The zero-order chi connectivity index (χ0) is 22.9. The van der Waals surface area contributed by atoms with Crippen LogP contribution >= 0.6 is 23.2 Å². The number of Topliss-reactive ketones (excluding diaryl/α,β-unsaturated/α-hetero) is 1. The Kier molecular flexibility index (Phi) is 6.55. The third-order valence-corrected chi connectivity index (χ3v) is 7.73. The van der Waals surface area contributed by atoms with Gasteiger partial charge in [-0.2, -0.15) is 4.31 Å². The van der Waals surface area contributed by atoms with E-state index in [0.29, 0.717) is 10.9 Å². The van der Waals surface area contributed by atoms with Gasteiger partial charge < -0.3 is 14.5 Å². The first kappa shape index (κ1) is 22.8. The summed E-state index contributed by atoms with van der Waals surface area (Å²) in [4.78, 5) is 27.9. The largest absolute Gasteiger partial charge is 0.454 e. The van der Waals surface area contributed by atoms with Gasteiger partial charge in [0.15, 0.2) is 6.61 Å². The molecule has 1 aromatic heterocycles. The average molecular weight is 497 g/mol. The molecule has 0 aliphatic carbocycles. The third-order valence-electron chi connectivity index (χ3n) is 5.05. The van der Waals surface area contributed by atoms with E-state index < -0.39 is 28.4 Å². The minimum Gasteiger partial charge on any atom is -0.454 e. The Hall–Kier alpha value is -2.43. The van der Waals surface area contributed by atoms with Crippen LogP contribution < -0.4 is 0 Å². The molecule has 0 saturated carbocycles. The van der Waals surface area contributed by atoms with Gasteiger partial charge >= 0.3 is 5.97 Å². The second-order valence-electron chi connectivity index (χ2n) is 7.03. The van der Waals surface area contributed by atoms with Crippen LogP contribution in [-0.2, 0) is 19.5 Å². The Morgan fingerprint density at radius 3 is 2.53 bits per heavy atom. The maximum Gasteiger partial charge on any atom is 0.340 e. The fourth-order valence-electron chi connectivity index (χ4n) is 3.40. The first-order chi connectivity index (χ1) is 15.3. The van der Waals surface area contributed by atoms with Crippen LogP contribution in [0.4, 0.5) is 0 Å². The number of esters is 1. The van der Waals surface area contributed by atoms with Crippen LogP contribution in [0.25, 0.3) is 10.9 Å². The minimum atomic E-state index is -3.97.